The average molecular weight is 383 g/mol. The highest BCUT2D eigenvalue weighted by molar-refractivity contribution is 5.96. The largest absolute Gasteiger partial charge is 0.504 e. The van der Waals surface area contributed by atoms with Crippen molar-refractivity contribution in [3.8, 4) is 23.0 Å². The lowest BCUT2D eigenvalue weighted by Crippen LogP contribution is -2.23. The molecule has 2 aromatic rings. The van der Waals surface area contributed by atoms with Crippen molar-refractivity contribution in [2.24, 2.45) is 0 Å². The minimum Gasteiger partial charge on any atom is -0.504 e. The average Bonchev–Trinajstić information content (AvgIpc) is 2.67. The first-order chi connectivity index (χ1) is 13.5. The molecule has 1 aliphatic rings. The molecule has 1 amide bonds. The van der Waals surface area contributed by atoms with Crippen LogP contribution in [0.2, 0.25) is 0 Å². The minimum absolute atomic E-state index is 0.0146. The third kappa shape index (κ3) is 3.63. The Morgan fingerprint density at radius 1 is 1.21 bits per heavy atom. The summed E-state index contributed by atoms with van der Waals surface area (Å²) in [6, 6.07) is 7.24. The van der Waals surface area contributed by atoms with Crippen LogP contribution >= 0.6 is 0 Å². The lowest BCUT2D eigenvalue weighted by Gasteiger charge is -2.28. The highest BCUT2D eigenvalue weighted by Gasteiger charge is 2.29. The molecule has 1 heterocycles. The van der Waals surface area contributed by atoms with Gasteiger partial charge in [-0.2, -0.15) is 0 Å². The van der Waals surface area contributed by atoms with Crippen LogP contribution in [0.15, 0.2) is 36.9 Å². The maximum absolute atomic E-state index is 12.3. The molecular formula is C22H25NO5. The van der Waals surface area contributed by atoms with Gasteiger partial charge >= 0.3 is 0 Å². The monoisotopic (exact) mass is 383 g/mol. The van der Waals surface area contributed by atoms with Gasteiger partial charge in [-0.1, -0.05) is 12.1 Å². The molecule has 2 N–H and O–H groups in total. The van der Waals surface area contributed by atoms with Gasteiger partial charge < -0.3 is 24.6 Å². The van der Waals surface area contributed by atoms with Gasteiger partial charge in [0.15, 0.2) is 23.0 Å². The van der Waals surface area contributed by atoms with Crippen molar-refractivity contribution in [3.05, 3.63) is 53.6 Å². The van der Waals surface area contributed by atoms with Gasteiger partial charge in [0.1, 0.15) is 0 Å². The summed E-state index contributed by atoms with van der Waals surface area (Å²) < 4.78 is 16.6. The number of anilines is 1. The zero-order valence-electron chi connectivity index (χ0n) is 16.4. The number of phenolic OH excluding ortho intramolecular Hbond substituents is 1. The molecule has 2 aromatic carbocycles. The lowest BCUT2D eigenvalue weighted by molar-refractivity contribution is -0.116. The number of carbonyl (C=O) groups excluding carboxylic acids is 1. The quantitative estimate of drug-likeness (QED) is 0.707. The topological polar surface area (TPSA) is 77.0 Å². The second-order valence-electron chi connectivity index (χ2n) is 6.55. The second kappa shape index (κ2) is 8.25. The molecule has 0 aliphatic carbocycles. The minimum atomic E-state index is -0.202. The van der Waals surface area contributed by atoms with E-state index in [0.29, 0.717) is 36.0 Å². The molecule has 6 heteroatoms. The van der Waals surface area contributed by atoms with Gasteiger partial charge in [0.05, 0.1) is 20.8 Å². The lowest BCUT2D eigenvalue weighted by atomic mass is 9.83. The molecule has 0 bridgehead atoms. The Balaban J connectivity index is 2.18. The Hall–Kier alpha value is -3.15. The van der Waals surface area contributed by atoms with Gasteiger partial charge in [0.2, 0.25) is 5.91 Å². The number of amides is 1. The number of hydrogen-bond donors (Lipinski definition) is 2. The summed E-state index contributed by atoms with van der Waals surface area (Å²) in [5, 5.41) is 12.9. The summed E-state index contributed by atoms with van der Waals surface area (Å²) >= 11 is 0. The van der Waals surface area contributed by atoms with Gasteiger partial charge in [-0.05, 0) is 36.6 Å². The van der Waals surface area contributed by atoms with Crippen LogP contribution in [-0.4, -0.2) is 31.8 Å². The van der Waals surface area contributed by atoms with Crippen molar-refractivity contribution < 1.29 is 24.1 Å². The molecule has 6 nitrogen and oxygen atoms in total. The van der Waals surface area contributed by atoms with E-state index in [1.807, 2.05) is 19.1 Å². The molecule has 0 saturated heterocycles. The standard InChI is InChI=1S/C22H25NO5/c1-5-7-13-8-14(9-20(28-6-2)22(13)27-4)15-11-21(25)23-17-12-18(24)19(26-3)10-16(15)17/h5,8-10,12,15,24H,1,6-7,11H2,2-4H3,(H,23,25). The van der Waals surface area contributed by atoms with Gasteiger partial charge in [-0.3, -0.25) is 4.79 Å². The predicted molar refractivity (Wildman–Crippen MR) is 108 cm³/mol. The molecule has 0 aromatic heterocycles. The summed E-state index contributed by atoms with van der Waals surface area (Å²) in [5.74, 6) is 1.35. The number of carbonyl (C=O) groups is 1. The van der Waals surface area contributed by atoms with Crippen LogP contribution in [0.4, 0.5) is 5.69 Å². The van der Waals surface area contributed by atoms with Crippen molar-refractivity contribution >= 4 is 11.6 Å². The number of aromatic hydroxyl groups is 1. The number of nitrogens with one attached hydrogen (secondary N) is 1. The van der Waals surface area contributed by atoms with Crippen LogP contribution in [-0.2, 0) is 11.2 Å². The van der Waals surface area contributed by atoms with Gasteiger partial charge in [0, 0.05) is 29.7 Å². The van der Waals surface area contributed by atoms with E-state index in [9.17, 15) is 9.90 Å². The third-order valence-corrected chi connectivity index (χ3v) is 4.81. The van der Waals surface area contributed by atoms with Crippen LogP contribution in [0, 0.1) is 0 Å². The zero-order chi connectivity index (χ0) is 20.3. The molecule has 1 atom stereocenters. The summed E-state index contributed by atoms with van der Waals surface area (Å²) in [4.78, 5) is 12.3. The van der Waals surface area contributed by atoms with E-state index in [1.54, 1.807) is 19.3 Å². The highest BCUT2D eigenvalue weighted by Crippen LogP contribution is 2.45. The van der Waals surface area contributed by atoms with Crippen molar-refractivity contribution in [3.63, 3.8) is 0 Å². The summed E-state index contributed by atoms with van der Waals surface area (Å²) in [6.45, 7) is 6.23. The first kappa shape index (κ1) is 19.6. The summed E-state index contributed by atoms with van der Waals surface area (Å²) in [6.07, 6.45) is 2.70. The number of phenols is 1. The van der Waals surface area contributed by atoms with Crippen LogP contribution in [0.5, 0.6) is 23.0 Å². The Kier molecular flexibility index (Phi) is 5.78. The van der Waals surface area contributed by atoms with E-state index >= 15 is 0 Å². The van der Waals surface area contributed by atoms with Crippen molar-refractivity contribution in [1.29, 1.82) is 0 Å². The fraction of sp³-hybridized carbons (Fsp3) is 0.318. The van der Waals surface area contributed by atoms with E-state index < -0.39 is 0 Å². The Bertz CT molecular complexity index is 906. The number of ether oxygens (including phenoxy) is 3. The summed E-state index contributed by atoms with van der Waals surface area (Å²) in [5.41, 5.74) is 3.34. The number of methoxy groups -OCH3 is 2. The first-order valence-electron chi connectivity index (χ1n) is 9.17. The molecule has 1 aliphatic heterocycles. The smallest absolute Gasteiger partial charge is 0.225 e. The van der Waals surface area contributed by atoms with E-state index in [4.69, 9.17) is 14.2 Å². The van der Waals surface area contributed by atoms with Crippen LogP contribution in [0.1, 0.15) is 36.0 Å². The van der Waals surface area contributed by atoms with Gasteiger partial charge in [-0.15, -0.1) is 6.58 Å². The van der Waals surface area contributed by atoms with Gasteiger partial charge in [-0.25, -0.2) is 0 Å². The molecule has 0 spiro atoms. The normalized spacial score (nSPS) is 15.4. The molecule has 1 unspecified atom stereocenters. The molecule has 3 rings (SSSR count). The van der Waals surface area contributed by atoms with Crippen LogP contribution in [0.25, 0.3) is 0 Å². The molecular weight excluding hydrogens is 358 g/mol. The number of rotatable bonds is 7. The Morgan fingerprint density at radius 2 is 2.00 bits per heavy atom. The number of fused-ring (bicyclic) bond motifs is 1. The Labute approximate surface area is 164 Å². The maximum Gasteiger partial charge on any atom is 0.225 e. The summed E-state index contributed by atoms with van der Waals surface area (Å²) in [7, 11) is 3.11. The molecule has 28 heavy (non-hydrogen) atoms. The van der Waals surface area contributed by atoms with E-state index in [-0.39, 0.29) is 24.0 Å². The number of benzene rings is 2. The van der Waals surface area contributed by atoms with Crippen molar-refractivity contribution in [2.75, 3.05) is 26.1 Å². The van der Waals surface area contributed by atoms with Crippen molar-refractivity contribution in [2.45, 2.75) is 25.7 Å². The van der Waals surface area contributed by atoms with E-state index in [0.717, 1.165) is 16.7 Å². The second-order valence-corrected chi connectivity index (χ2v) is 6.55. The first-order valence-corrected chi connectivity index (χ1v) is 9.17. The van der Waals surface area contributed by atoms with E-state index in [1.165, 1.54) is 13.2 Å². The van der Waals surface area contributed by atoms with Gasteiger partial charge in [0.25, 0.3) is 0 Å². The third-order valence-electron chi connectivity index (χ3n) is 4.81. The molecule has 0 radical (unpaired) electrons. The molecule has 0 saturated carbocycles. The number of allylic oxidation sites excluding steroid dienone is 1. The Morgan fingerprint density at radius 3 is 2.64 bits per heavy atom. The van der Waals surface area contributed by atoms with E-state index in [2.05, 4.69) is 11.9 Å². The highest BCUT2D eigenvalue weighted by atomic mass is 16.5. The maximum atomic E-state index is 12.3. The van der Waals surface area contributed by atoms with Crippen LogP contribution in [0.3, 0.4) is 0 Å². The molecule has 148 valence electrons. The zero-order valence-corrected chi connectivity index (χ0v) is 16.4. The SMILES string of the molecule is C=CCc1cc(C2CC(=O)Nc3cc(O)c(OC)cc32)cc(OCC)c1OC. The van der Waals surface area contributed by atoms with Crippen molar-refractivity contribution in [1.82, 2.24) is 0 Å². The predicted octanol–water partition coefficient (Wildman–Crippen LogP) is 4.01. The fourth-order valence-corrected chi connectivity index (χ4v) is 3.62. The molecule has 0 fully saturated rings. The van der Waals surface area contributed by atoms with Crippen LogP contribution < -0.4 is 19.5 Å². The number of hydrogen-bond acceptors (Lipinski definition) is 5. The fourth-order valence-electron chi connectivity index (χ4n) is 3.62.